The molecule has 0 saturated carbocycles. The Morgan fingerprint density at radius 2 is 2.11 bits per heavy atom. The Kier molecular flexibility index (Phi) is 7.21. The zero-order valence-corrected chi connectivity index (χ0v) is 16.3. The molecule has 2 N–H and O–H groups in total. The van der Waals surface area contributed by atoms with Gasteiger partial charge in [-0.05, 0) is 38.2 Å². The van der Waals surface area contributed by atoms with Gasteiger partial charge < -0.3 is 19.9 Å². The molecule has 7 heteroatoms. The average Bonchev–Trinajstić information content (AvgIpc) is 3.32. The van der Waals surface area contributed by atoms with Crippen molar-refractivity contribution in [3.05, 3.63) is 47.5 Å². The van der Waals surface area contributed by atoms with Crippen molar-refractivity contribution in [1.29, 1.82) is 0 Å². The van der Waals surface area contributed by atoms with Gasteiger partial charge in [-0.15, -0.1) is 10.2 Å². The standard InChI is InChI=1S/C20H30N6O/c1-16-24-25-19(26(16)2)15-23-20(22-14-18-11-7-13-27-18)21-12-6-10-17-8-4-3-5-9-17/h3-5,8-9,18H,6-7,10-15H2,1-2H3,(H2,21,22,23). The third-order valence-electron chi connectivity index (χ3n) is 4.86. The van der Waals surface area contributed by atoms with Gasteiger partial charge in [0.1, 0.15) is 12.4 Å². The number of nitrogens with one attached hydrogen (secondary N) is 2. The quantitative estimate of drug-likeness (QED) is 0.422. The van der Waals surface area contributed by atoms with Crippen LogP contribution < -0.4 is 10.6 Å². The van der Waals surface area contributed by atoms with Crippen molar-refractivity contribution in [2.75, 3.05) is 19.7 Å². The number of aliphatic imine (C=N–C) groups is 1. The van der Waals surface area contributed by atoms with Crippen molar-refractivity contribution >= 4 is 5.96 Å². The van der Waals surface area contributed by atoms with Crippen LogP contribution in [0, 0.1) is 6.92 Å². The van der Waals surface area contributed by atoms with E-state index in [2.05, 4.69) is 56.2 Å². The predicted molar refractivity (Wildman–Crippen MR) is 107 cm³/mol. The Labute approximate surface area is 161 Å². The predicted octanol–water partition coefficient (Wildman–Crippen LogP) is 1.97. The van der Waals surface area contributed by atoms with Gasteiger partial charge >= 0.3 is 0 Å². The lowest BCUT2D eigenvalue weighted by molar-refractivity contribution is 0.114. The van der Waals surface area contributed by atoms with Crippen molar-refractivity contribution in [2.45, 2.75) is 45.3 Å². The summed E-state index contributed by atoms with van der Waals surface area (Å²) in [6, 6.07) is 10.6. The number of nitrogens with zero attached hydrogens (tertiary/aromatic N) is 4. The molecule has 1 unspecified atom stereocenters. The van der Waals surface area contributed by atoms with Gasteiger partial charge in [0.25, 0.3) is 0 Å². The van der Waals surface area contributed by atoms with E-state index in [0.29, 0.717) is 6.54 Å². The average molecular weight is 371 g/mol. The molecule has 0 spiro atoms. The summed E-state index contributed by atoms with van der Waals surface area (Å²) in [6.45, 7) is 4.95. The topological polar surface area (TPSA) is 76.4 Å². The summed E-state index contributed by atoms with van der Waals surface area (Å²) in [5.41, 5.74) is 1.36. The van der Waals surface area contributed by atoms with Crippen LogP contribution in [-0.2, 0) is 24.8 Å². The largest absolute Gasteiger partial charge is 0.376 e. The van der Waals surface area contributed by atoms with E-state index < -0.39 is 0 Å². The summed E-state index contributed by atoms with van der Waals surface area (Å²) < 4.78 is 7.67. The maximum Gasteiger partial charge on any atom is 0.191 e. The Morgan fingerprint density at radius 1 is 1.26 bits per heavy atom. The molecule has 7 nitrogen and oxygen atoms in total. The number of ether oxygens (including phenoxy) is 1. The fraction of sp³-hybridized carbons (Fsp3) is 0.550. The molecular formula is C20H30N6O. The number of benzene rings is 1. The summed E-state index contributed by atoms with van der Waals surface area (Å²) in [5.74, 6) is 2.55. The van der Waals surface area contributed by atoms with Crippen molar-refractivity contribution < 1.29 is 4.74 Å². The van der Waals surface area contributed by atoms with Crippen LogP contribution >= 0.6 is 0 Å². The molecule has 0 radical (unpaired) electrons. The van der Waals surface area contributed by atoms with E-state index in [-0.39, 0.29) is 6.10 Å². The number of rotatable bonds is 8. The van der Waals surface area contributed by atoms with Crippen LogP contribution in [0.4, 0.5) is 0 Å². The van der Waals surface area contributed by atoms with Gasteiger partial charge in [0.05, 0.1) is 6.10 Å². The lowest BCUT2D eigenvalue weighted by Crippen LogP contribution is -2.41. The first kappa shape index (κ1) is 19.4. The molecule has 2 aromatic rings. The Bertz CT molecular complexity index is 721. The summed E-state index contributed by atoms with van der Waals surface area (Å²) in [6.07, 6.45) is 4.62. The highest BCUT2D eigenvalue weighted by Crippen LogP contribution is 2.10. The zero-order chi connectivity index (χ0) is 18.9. The highest BCUT2D eigenvalue weighted by Gasteiger charge is 2.15. The fourth-order valence-electron chi connectivity index (χ4n) is 3.07. The van der Waals surface area contributed by atoms with E-state index in [1.165, 1.54) is 5.56 Å². The molecule has 1 aromatic carbocycles. The Hall–Kier alpha value is -2.41. The Morgan fingerprint density at radius 3 is 2.81 bits per heavy atom. The van der Waals surface area contributed by atoms with E-state index in [0.717, 1.165) is 63.0 Å². The Balaban J connectivity index is 1.51. The number of hydrogen-bond acceptors (Lipinski definition) is 4. The highest BCUT2D eigenvalue weighted by molar-refractivity contribution is 5.79. The first-order valence-electron chi connectivity index (χ1n) is 9.75. The molecular weight excluding hydrogens is 340 g/mol. The molecule has 0 aliphatic carbocycles. The lowest BCUT2D eigenvalue weighted by Gasteiger charge is -2.15. The minimum Gasteiger partial charge on any atom is -0.376 e. The number of guanidine groups is 1. The van der Waals surface area contributed by atoms with Crippen LogP contribution in [0.25, 0.3) is 0 Å². The maximum absolute atomic E-state index is 5.70. The first-order valence-corrected chi connectivity index (χ1v) is 9.75. The van der Waals surface area contributed by atoms with E-state index in [4.69, 9.17) is 4.74 Å². The molecule has 2 heterocycles. The SMILES string of the molecule is Cc1nnc(CN=C(NCCCc2ccccc2)NCC2CCCO2)n1C. The van der Waals surface area contributed by atoms with Crippen LogP contribution in [0.1, 0.15) is 36.5 Å². The molecule has 1 fully saturated rings. The molecule has 1 atom stereocenters. The third-order valence-corrected chi connectivity index (χ3v) is 4.86. The molecule has 146 valence electrons. The molecule has 1 saturated heterocycles. The van der Waals surface area contributed by atoms with Crippen molar-refractivity contribution in [3.63, 3.8) is 0 Å². The monoisotopic (exact) mass is 370 g/mol. The normalized spacial score (nSPS) is 17.3. The zero-order valence-electron chi connectivity index (χ0n) is 16.3. The minimum atomic E-state index is 0.276. The second kappa shape index (κ2) is 10.1. The molecule has 27 heavy (non-hydrogen) atoms. The van der Waals surface area contributed by atoms with Gasteiger partial charge in [0.15, 0.2) is 11.8 Å². The van der Waals surface area contributed by atoms with Gasteiger partial charge in [0, 0.05) is 26.7 Å². The summed E-state index contributed by atoms with van der Waals surface area (Å²) in [7, 11) is 1.97. The summed E-state index contributed by atoms with van der Waals surface area (Å²) in [4.78, 5) is 4.69. The van der Waals surface area contributed by atoms with Crippen LogP contribution in [0.5, 0.6) is 0 Å². The third kappa shape index (κ3) is 6.06. The number of hydrogen-bond donors (Lipinski definition) is 2. The van der Waals surface area contributed by atoms with Crippen molar-refractivity contribution in [2.24, 2.45) is 12.0 Å². The molecule has 0 bridgehead atoms. The second-order valence-corrected chi connectivity index (χ2v) is 6.92. The van der Waals surface area contributed by atoms with Crippen LogP contribution in [0.3, 0.4) is 0 Å². The number of aryl methyl sites for hydroxylation is 2. The highest BCUT2D eigenvalue weighted by atomic mass is 16.5. The second-order valence-electron chi connectivity index (χ2n) is 6.92. The summed E-state index contributed by atoms with van der Waals surface area (Å²) >= 11 is 0. The van der Waals surface area contributed by atoms with E-state index in [9.17, 15) is 0 Å². The van der Waals surface area contributed by atoms with Gasteiger partial charge in [-0.1, -0.05) is 30.3 Å². The van der Waals surface area contributed by atoms with Crippen molar-refractivity contribution in [1.82, 2.24) is 25.4 Å². The van der Waals surface area contributed by atoms with E-state index in [1.807, 2.05) is 18.5 Å². The molecule has 1 aromatic heterocycles. The van der Waals surface area contributed by atoms with Gasteiger partial charge in [-0.2, -0.15) is 0 Å². The smallest absolute Gasteiger partial charge is 0.191 e. The molecule has 0 amide bonds. The van der Waals surface area contributed by atoms with Gasteiger partial charge in [-0.3, -0.25) is 0 Å². The molecule has 1 aliphatic heterocycles. The summed E-state index contributed by atoms with van der Waals surface area (Å²) in [5, 5.41) is 15.1. The van der Waals surface area contributed by atoms with E-state index in [1.54, 1.807) is 0 Å². The fourth-order valence-corrected chi connectivity index (χ4v) is 3.07. The first-order chi connectivity index (χ1) is 13.2. The maximum atomic E-state index is 5.70. The van der Waals surface area contributed by atoms with Gasteiger partial charge in [-0.25, -0.2) is 4.99 Å². The van der Waals surface area contributed by atoms with Crippen LogP contribution in [-0.4, -0.2) is 46.5 Å². The van der Waals surface area contributed by atoms with Crippen molar-refractivity contribution in [3.8, 4) is 0 Å². The number of aromatic nitrogens is 3. The van der Waals surface area contributed by atoms with Gasteiger partial charge in [0.2, 0.25) is 0 Å². The van der Waals surface area contributed by atoms with Crippen LogP contribution in [0.15, 0.2) is 35.3 Å². The minimum absolute atomic E-state index is 0.276. The van der Waals surface area contributed by atoms with Crippen LogP contribution in [0.2, 0.25) is 0 Å². The lowest BCUT2D eigenvalue weighted by atomic mass is 10.1. The molecule has 1 aliphatic rings. The van der Waals surface area contributed by atoms with E-state index >= 15 is 0 Å². The molecule has 3 rings (SSSR count).